The molecule has 0 aliphatic carbocycles. The van der Waals surface area contributed by atoms with Crippen LogP contribution in [0.3, 0.4) is 0 Å². The summed E-state index contributed by atoms with van der Waals surface area (Å²) in [6.45, 7) is 4.95. The highest BCUT2D eigenvalue weighted by Gasteiger charge is 2.12. The standard InChI is InChI=1S/C23H26N2O4/c1-16(2)11-12-29-20-8-5-17(6-9-20)13-18(15-24)23(26)25-19-7-10-21(27-3)22(14-19)28-4/h5-10,13-14,16H,11-12H2,1-4H3,(H,25,26). The van der Waals surface area contributed by atoms with Crippen LogP contribution in [0.1, 0.15) is 25.8 Å². The largest absolute Gasteiger partial charge is 0.494 e. The fraction of sp³-hybridized carbons (Fsp3) is 0.304. The Morgan fingerprint density at radius 3 is 2.38 bits per heavy atom. The Kier molecular flexibility index (Phi) is 8.11. The van der Waals surface area contributed by atoms with Gasteiger partial charge in [-0.25, -0.2) is 0 Å². The SMILES string of the molecule is COc1ccc(NC(=O)C(C#N)=Cc2ccc(OCCC(C)C)cc2)cc1OC. The second-order valence-electron chi connectivity index (χ2n) is 6.79. The van der Waals surface area contributed by atoms with Crippen molar-refractivity contribution in [3.63, 3.8) is 0 Å². The van der Waals surface area contributed by atoms with Crippen LogP contribution in [0, 0.1) is 17.2 Å². The summed E-state index contributed by atoms with van der Waals surface area (Å²) in [4.78, 5) is 12.5. The molecule has 2 aromatic rings. The summed E-state index contributed by atoms with van der Waals surface area (Å²) >= 11 is 0. The van der Waals surface area contributed by atoms with Crippen molar-refractivity contribution in [1.82, 2.24) is 0 Å². The lowest BCUT2D eigenvalue weighted by atomic mass is 10.1. The summed E-state index contributed by atoms with van der Waals surface area (Å²) < 4.78 is 16.1. The molecule has 0 radical (unpaired) electrons. The van der Waals surface area contributed by atoms with Gasteiger partial charge in [0.15, 0.2) is 11.5 Å². The lowest BCUT2D eigenvalue weighted by Crippen LogP contribution is -2.13. The highest BCUT2D eigenvalue weighted by atomic mass is 16.5. The minimum absolute atomic E-state index is 0.00624. The molecule has 0 spiro atoms. The van der Waals surface area contributed by atoms with E-state index < -0.39 is 5.91 Å². The number of hydrogen-bond acceptors (Lipinski definition) is 5. The molecule has 6 nitrogen and oxygen atoms in total. The number of nitrogens with one attached hydrogen (secondary N) is 1. The van der Waals surface area contributed by atoms with Gasteiger partial charge in [0.1, 0.15) is 17.4 Å². The molecule has 152 valence electrons. The molecule has 0 aromatic heterocycles. The van der Waals surface area contributed by atoms with Gasteiger partial charge in [0.05, 0.1) is 20.8 Å². The first kappa shape index (κ1) is 21.8. The number of rotatable bonds is 9. The minimum atomic E-state index is -0.503. The Morgan fingerprint density at radius 2 is 1.79 bits per heavy atom. The number of ether oxygens (including phenoxy) is 3. The van der Waals surface area contributed by atoms with E-state index in [0.29, 0.717) is 29.7 Å². The van der Waals surface area contributed by atoms with Crippen molar-refractivity contribution in [2.75, 3.05) is 26.1 Å². The van der Waals surface area contributed by atoms with Gasteiger partial charge >= 0.3 is 0 Å². The molecule has 1 N–H and O–H groups in total. The molecule has 0 atom stereocenters. The summed E-state index contributed by atoms with van der Waals surface area (Å²) in [5.74, 6) is 1.88. The first-order valence-corrected chi connectivity index (χ1v) is 9.34. The van der Waals surface area contributed by atoms with Gasteiger partial charge in [-0.1, -0.05) is 26.0 Å². The summed E-state index contributed by atoms with van der Waals surface area (Å²) in [6.07, 6.45) is 2.52. The molecule has 1 amide bonds. The summed E-state index contributed by atoms with van der Waals surface area (Å²) in [5, 5.41) is 12.1. The van der Waals surface area contributed by atoms with Crippen LogP contribution < -0.4 is 19.5 Å². The Bertz CT molecular complexity index is 896. The second-order valence-corrected chi connectivity index (χ2v) is 6.79. The lowest BCUT2D eigenvalue weighted by molar-refractivity contribution is -0.112. The molecule has 0 heterocycles. The van der Waals surface area contributed by atoms with Crippen LogP contribution in [0.15, 0.2) is 48.0 Å². The molecular weight excluding hydrogens is 368 g/mol. The predicted molar refractivity (Wildman–Crippen MR) is 113 cm³/mol. The van der Waals surface area contributed by atoms with E-state index in [4.69, 9.17) is 14.2 Å². The Hall–Kier alpha value is -3.46. The average Bonchev–Trinajstić information content (AvgIpc) is 2.72. The maximum Gasteiger partial charge on any atom is 0.266 e. The monoisotopic (exact) mass is 394 g/mol. The molecule has 6 heteroatoms. The van der Waals surface area contributed by atoms with Gasteiger partial charge in [-0.15, -0.1) is 0 Å². The zero-order chi connectivity index (χ0) is 21.2. The molecule has 0 saturated heterocycles. The van der Waals surface area contributed by atoms with E-state index in [1.165, 1.54) is 20.3 Å². The van der Waals surface area contributed by atoms with Gasteiger partial charge in [-0.05, 0) is 48.2 Å². The van der Waals surface area contributed by atoms with Crippen LogP contribution in [0.4, 0.5) is 5.69 Å². The fourth-order valence-corrected chi connectivity index (χ4v) is 2.50. The number of carbonyl (C=O) groups excluding carboxylic acids is 1. The quantitative estimate of drug-likeness (QED) is 0.494. The number of nitriles is 1. The van der Waals surface area contributed by atoms with Crippen molar-refractivity contribution in [3.05, 3.63) is 53.6 Å². The van der Waals surface area contributed by atoms with E-state index in [1.807, 2.05) is 30.3 Å². The molecule has 0 aliphatic heterocycles. The van der Waals surface area contributed by atoms with Crippen LogP contribution in [0.5, 0.6) is 17.2 Å². The lowest BCUT2D eigenvalue weighted by Gasteiger charge is -2.10. The third-order valence-corrected chi connectivity index (χ3v) is 4.16. The van der Waals surface area contributed by atoms with E-state index in [9.17, 15) is 10.1 Å². The topological polar surface area (TPSA) is 80.6 Å². The molecule has 0 aliphatic rings. The van der Waals surface area contributed by atoms with Crippen molar-refractivity contribution < 1.29 is 19.0 Å². The highest BCUT2D eigenvalue weighted by molar-refractivity contribution is 6.09. The molecular formula is C23H26N2O4. The van der Waals surface area contributed by atoms with Crippen molar-refractivity contribution in [3.8, 4) is 23.3 Å². The summed E-state index contributed by atoms with van der Waals surface area (Å²) in [5.41, 5.74) is 1.23. The predicted octanol–water partition coefficient (Wildman–Crippen LogP) is 4.67. The van der Waals surface area contributed by atoms with Gasteiger partial charge in [-0.3, -0.25) is 4.79 Å². The maximum atomic E-state index is 12.5. The van der Waals surface area contributed by atoms with Crippen LogP contribution in [0.2, 0.25) is 0 Å². The van der Waals surface area contributed by atoms with Gasteiger partial charge in [-0.2, -0.15) is 5.26 Å². The number of benzene rings is 2. The third kappa shape index (κ3) is 6.58. The van der Waals surface area contributed by atoms with Crippen LogP contribution in [-0.2, 0) is 4.79 Å². The first-order valence-electron chi connectivity index (χ1n) is 9.34. The normalized spacial score (nSPS) is 11.0. The Balaban J connectivity index is 2.07. The number of anilines is 1. The number of nitrogens with zero attached hydrogens (tertiary/aromatic N) is 1. The van der Waals surface area contributed by atoms with E-state index in [-0.39, 0.29) is 5.57 Å². The minimum Gasteiger partial charge on any atom is -0.494 e. The van der Waals surface area contributed by atoms with Crippen molar-refractivity contribution in [2.45, 2.75) is 20.3 Å². The molecule has 2 rings (SSSR count). The summed E-state index contributed by atoms with van der Waals surface area (Å²) in [6, 6.07) is 14.2. The second kappa shape index (κ2) is 10.8. The van der Waals surface area contributed by atoms with Gasteiger partial charge in [0.2, 0.25) is 0 Å². The molecule has 0 bridgehead atoms. The van der Waals surface area contributed by atoms with E-state index in [2.05, 4.69) is 19.2 Å². The molecule has 29 heavy (non-hydrogen) atoms. The molecule has 0 unspecified atom stereocenters. The van der Waals surface area contributed by atoms with Crippen LogP contribution in [-0.4, -0.2) is 26.7 Å². The van der Waals surface area contributed by atoms with Gasteiger partial charge in [0.25, 0.3) is 5.91 Å². The maximum absolute atomic E-state index is 12.5. The average molecular weight is 394 g/mol. The molecule has 0 saturated carbocycles. The summed E-state index contributed by atoms with van der Waals surface area (Å²) in [7, 11) is 3.05. The smallest absolute Gasteiger partial charge is 0.266 e. The van der Waals surface area contributed by atoms with Crippen molar-refractivity contribution in [1.29, 1.82) is 5.26 Å². The number of carbonyl (C=O) groups is 1. The molecule has 0 fully saturated rings. The Labute approximate surface area is 171 Å². The fourth-order valence-electron chi connectivity index (χ4n) is 2.50. The first-order chi connectivity index (χ1) is 14.0. The highest BCUT2D eigenvalue weighted by Crippen LogP contribution is 2.30. The van der Waals surface area contributed by atoms with Crippen molar-refractivity contribution >= 4 is 17.7 Å². The van der Waals surface area contributed by atoms with Crippen molar-refractivity contribution in [2.24, 2.45) is 5.92 Å². The van der Waals surface area contributed by atoms with Gasteiger partial charge < -0.3 is 19.5 Å². The number of methoxy groups -OCH3 is 2. The van der Waals surface area contributed by atoms with E-state index >= 15 is 0 Å². The zero-order valence-corrected chi connectivity index (χ0v) is 17.2. The van der Waals surface area contributed by atoms with E-state index in [0.717, 1.165) is 17.7 Å². The number of hydrogen-bond donors (Lipinski definition) is 1. The van der Waals surface area contributed by atoms with Gasteiger partial charge in [0, 0.05) is 11.8 Å². The Morgan fingerprint density at radius 1 is 1.10 bits per heavy atom. The van der Waals surface area contributed by atoms with Crippen LogP contribution >= 0.6 is 0 Å². The zero-order valence-electron chi connectivity index (χ0n) is 17.2. The van der Waals surface area contributed by atoms with E-state index in [1.54, 1.807) is 18.2 Å². The molecule has 2 aromatic carbocycles. The third-order valence-electron chi connectivity index (χ3n) is 4.16. The van der Waals surface area contributed by atoms with Crippen LogP contribution in [0.25, 0.3) is 6.08 Å². The number of amides is 1.